The lowest BCUT2D eigenvalue weighted by Crippen LogP contribution is -2.16. The van der Waals surface area contributed by atoms with Gasteiger partial charge in [-0.25, -0.2) is 9.97 Å². The van der Waals surface area contributed by atoms with E-state index in [1.54, 1.807) is 0 Å². The first-order valence-electron chi connectivity index (χ1n) is 16.1. The van der Waals surface area contributed by atoms with Crippen LogP contribution >= 0.6 is 0 Å². The molecule has 0 bridgehead atoms. The van der Waals surface area contributed by atoms with Crippen molar-refractivity contribution in [1.82, 2.24) is 14.5 Å². The van der Waals surface area contributed by atoms with E-state index < -0.39 is 0 Å². The van der Waals surface area contributed by atoms with Gasteiger partial charge in [0.2, 0.25) is 0 Å². The fraction of sp³-hybridized carbons (Fsp3) is 0.0698. The van der Waals surface area contributed by atoms with Gasteiger partial charge in [-0.1, -0.05) is 135 Å². The van der Waals surface area contributed by atoms with Crippen LogP contribution in [0.4, 0.5) is 0 Å². The van der Waals surface area contributed by atoms with Crippen LogP contribution in [0, 0.1) is 0 Å². The molecule has 0 atom stereocenters. The lowest BCUT2D eigenvalue weighted by molar-refractivity contribution is 0.661. The molecule has 2 radical (unpaired) electrons. The molecule has 0 fully saturated rings. The molecule has 0 spiro atoms. The van der Waals surface area contributed by atoms with Crippen LogP contribution < -0.4 is 5.46 Å². The molecule has 2 heterocycles. The van der Waals surface area contributed by atoms with Crippen molar-refractivity contribution in [3.8, 4) is 50.7 Å². The van der Waals surface area contributed by atoms with Gasteiger partial charge in [0.1, 0.15) is 7.85 Å². The molecule has 4 heteroatoms. The maximum absolute atomic E-state index is 6.99. The average molecular weight is 600 g/mol. The molecule has 6 aromatic carbocycles. The van der Waals surface area contributed by atoms with Gasteiger partial charge < -0.3 is 4.57 Å². The Morgan fingerprint density at radius 2 is 1.13 bits per heavy atom. The van der Waals surface area contributed by atoms with Gasteiger partial charge in [0, 0.05) is 32.9 Å². The Morgan fingerprint density at radius 1 is 0.511 bits per heavy atom. The van der Waals surface area contributed by atoms with Crippen LogP contribution in [0.15, 0.2) is 146 Å². The first-order valence-corrected chi connectivity index (χ1v) is 16.1. The minimum Gasteiger partial charge on any atom is -0.309 e. The molecule has 2 aromatic heterocycles. The molecule has 9 rings (SSSR count). The highest BCUT2D eigenvalue weighted by Gasteiger charge is 2.36. The molecule has 1 aliphatic carbocycles. The Labute approximate surface area is 275 Å². The second-order valence-corrected chi connectivity index (χ2v) is 12.9. The monoisotopic (exact) mass is 599 g/mol. The molecular weight excluding hydrogens is 569 g/mol. The van der Waals surface area contributed by atoms with Crippen LogP contribution in [0.3, 0.4) is 0 Å². The van der Waals surface area contributed by atoms with E-state index in [2.05, 4.69) is 115 Å². The molecular formula is C43H30BN3. The van der Waals surface area contributed by atoms with Crippen LogP contribution in [0.25, 0.3) is 72.5 Å². The molecule has 3 nitrogen and oxygen atoms in total. The normalized spacial score (nSPS) is 13.1. The maximum atomic E-state index is 6.99. The highest BCUT2D eigenvalue weighted by molar-refractivity contribution is 6.36. The predicted molar refractivity (Wildman–Crippen MR) is 196 cm³/mol. The van der Waals surface area contributed by atoms with Crippen molar-refractivity contribution in [3.05, 3.63) is 157 Å². The van der Waals surface area contributed by atoms with Crippen LogP contribution in [0.1, 0.15) is 25.0 Å². The predicted octanol–water partition coefficient (Wildman–Crippen LogP) is 9.67. The summed E-state index contributed by atoms with van der Waals surface area (Å²) in [5.74, 6) is 0.632. The number of hydrogen-bond donors (Lipinski definition) is 0. The molecule has 0 aliphatic heterocycles. The Morgan fingerprint density at radius 3 is 1.85 bits per heavy atom. The molecule has 8 aromatic rings. The second kappa shape index (κ2) is 10.4. The van der Waals surface area contributed by atoms with Crippen molar-refractivity contribution >= 4 is 35.1 Å². The van der Waals surface area contributed by atoms with Crippen molar-refractivity contribution in [2.24, 2.45) is 0 Å². The number of para-hydroxylation sites is 2. The molecule has 0 N–H and O–H groups in total. The average Bonchev–Trinajstić information content (AvgIpc) is 3.56. The number of hydrogen-bond acceptors (Lipinski definition) is 2. The van der Waals surface area contributed by atoms with Gasteiger partial charge in [0.15, 0.2) is 5.82 Å². The molecule has 0 saturated heterocycles. The van der Waals surface area contributed by atoms with E-state index in [1.807, 2.05) is 48.5 Å². The van der Waals surface area contributed by atoms with Gasteiger partial charge in [-0.05, 0) is 52.6 Å². The minimum atomic E-state index is -0.135. The fourth-order valence-electron chi connectivity index (χ4n) is 7.48. The van der Waals surface area contributed by atoms with Crippen LogP contribution in [0.5, 0.6) is 0 Å². The third-order valence-corrected chi connectivity index (χ3v) is 9.77. The van der Waals surface area contributed by atoms with E-state index in [1.165, 1.54) is 33.0 Å². The second-order valence-electron chi connectivity index (χ2n) is 12.9. The number of fused-ring (bicyclic) bond motifs is 6. The molecule has 1 aliphatic rings. The van der Waals surface area contributed by atoms with Crippen molar-refractivity contribution in [3.63, 3.8) is 0 Å². The van der Waals surface area contributed by atoms with Crippen molar-refractivity contribution in [2.45, 2.75) is 19.3 Å². The van der Waals surface area contributed by atoms with Gasteiger partial charge >= 0.3 is 0 Å². The molecule has 0 saturated carbocycles. The summed E-state index contributed by atoms with van der Waals surface area (Å²) in [6.45, 7) is 4.65. The van der Waals surface area contributed by atoms with Gasteiger partial charge in [0.25, 0.3) is 0 Å². The summed E-state index contributed by atoms with van der Waals surface area (Å²) in [7, 11) is 6.99. The highest BCUT2D eigenvalue weighted by atomic mass is 15.0. The summed E-state index contributed by atoms with van der Waals surface area (Å²) in [6.07, 6.45) is 0. The van der Waals surface area contributed by atoms with Gasteiger partial charge in [-0.2, -0.15) is 0 Å². The first-order chi connectivity index (χ1) is 23.0. The largest absolute Gasteiger partial charge is 0.309 e. The summed E-state index contributed by atoms with van der Waals surface area (Å²) < 4.78 is 2.33. The smallest absolute Gasteiger partial charge is 0.162 e. The molecule has 0 unspecified atom stereocenters. The van der Waals surface area contributed by atoms with Crippen LogP contribution in [0.2, 0.25) is 0 Å². The summed E-state index contributed by atoms with van der Waals surface area (Å²) in [5.41, 5.74) is 13.6. The highest BCUT2D eigenvalue weighted by Crippen LogP contribution is 2.51. The molecule has 0 amide bonds. The van der Waals surface area contributed by atoms with Gasteiger partial charge in [-0.3, -0.25) is 0 Å². The van der Waals surface area contributed by atoms with Crippen molar-refractivity contribution < 1.29 is 0 Å². The quantitative estimate of drug-likeness (QED) is 0.189. The fourth-order valence-corrected chi connectivity index (χ4v) is 7.48. The number of nitrogens with zero attached hydrogens (tertiary/aromatic N) is 3. The van der Waals surface area contributed by atoms with E-state index in [-0.39, 0.29) is 5.41 Å². The Balaban J connectivity index is 1.35. The summed E-state index contributed by atoms with van der Waals surface area (Å²) in [5, 5.41) is 2.38. The van der Waals surface area contributed by atoms with E-state index in [0.717, 1.165) is 44.8 Å². The Bertz CT molecular complexity index is 2440. The van der Waals surface area contributed by atoms with E-state index in [9.17, 15) is 0 Å². The Hall–Kier alpha value is -5.74. The van der Waals surface area contributed by atoms with Gasteiger partial charge in [0.05, 0.1) is 28.1 Å². The van der Waals surface area contributed by atoms with Gasteiger partial charge in [-0.15, -0.1) is 0 Å². The number of benzene rings is 6. The lowest BCUT2D eigenvalue weighted by Gasteiger charge is -2.22. The zero-order valence-electron chi connectivity index (χ0n) is 26.3. The maximum Gasteiger partial charge on any atom is 0.162 e. The topological polar surface area (TPSA) is 30.7 Å². The van der Waals surface area contributed by atoms with E-state index in [4.69, 9.17) is 17.8 Å². The minimum absolute atomic E-state index is 0.135. The number of rotatable bonds is 4. The van der Waals surface area contributed by atoms with Crippen molar-refractivity contribution in [2.75, 3.05) is 0 Å². The standard InChI is InChI=1S/C43H30BN3/c1-43(2)34-21-11-9-18-29(34)32-24-33-30-19-10-12-23-39(30)47(40(33)25-35(32)43)41-31(20-13-22-36(41)44)42-45-37(27-14-5-3-6-15-27)26-38(46-42)28-16-7-4-8-17-28/h3-26H,1-2H3. The molecule has 220 valence electrons. The van der Waals surface area contributed by atoms with Crippen LogP contribution in [-0.4, -0.2) is 22.4 Å². The van der Waals surface area contributed by atoms with E-state index >= 15 is 0 Å². The zero-order valence-corrected chi connectivity index (χ0v) is 26.3. The summed E-state index contributed by atoms with van der Waals surface area (Å²) in [6, 6.07) is 50.9. The first kappa shape index (κ1) is 27.6. The molecule has 47 heavy (non-hydrogen) atoms. The third kappa shape index (κ3) is 4.22. The third-order valence-electron chi connectivity index (χ3n) is 9.77. The van der Waals surface area contributed by atoms with Crippen LogP contribution in [-0.2, 0) is 5.41 Å². The van der Waals surface area contributed by atoms with E-state index in [0.29, 0.717) is 11.3 Å². The Kier molecular flexibility index (Phi) is 6.10. The zero-order chi connectivity index (χ0) is 31.7. The lowest BCUT2D eigenvalue weighted by atomic mass is 9.82. The summed E-state index contributed by atoms with van der Waals surface area (Å²) in [4.78, 5) is 10.4. The van der Waals surface area contributed by atoms with Crippen molar-refractivity contribution in [1.29, 1.82) is 0 Å². The SMILES string of the molecule is [B]c1cccc(-c2nc(-c3ccccc3)cc(-c3ccccc3)n2)c1-n1c2ccccc2c2cc3c(cc21)C(C)(C)c1ccccc1-3. The summed E-state index contributed by atoms with van der Waals surface area (Å²) >= 11 is 0. The number of aromatic nitrogens is 3.